The lowest BCUT2D eigenvalue weighted by molar-refractivity contribution is 0.00530. The third kappa shape index (κ3) is 5.22. The molecule has 1 fully saturated rings. The van der Waals surface area contributed by atoms with Crippen LogP contribution in [-0.4, -0.2) is 37.2 Å². The number of nitrogens with two attached hydrogens (primary N) is 1. The van der Waals surface area contributed by atoms with Crippen LogP contribution in [0.25, 0.3) is 0 Å². The van der Waals surface area contributed by atoms with Gasteiger partial charge in [-0.05, 0) is 50.4 Å². The number of nitrogens with zero attached hydrogens (tertiary/aromatic N) is 1. The minimum atomic E-state index is -0.0157. The van der Waals surface area contributed by atoms with Crippen LogP contribution in [0.15, 0.2) is 22.7 Å². The third-order valence-corrected chi connectivity index (χ3v) is 4.80. The minimum Gasteiger partial charge on any atom is -0.377 e. The summed E-state index contributed by atoms with van der Waals surface area (Å²) in [6.45, 7) is 6.02. The lowest BCUT2D eigenvalue weighted by atomic mass is 10.0. The Morgan fingerprint density at radius 2 is 2.33 bits per heavy atom. The van der Waals surface area contributed by atoms with Gasteiger partial charge in [0, 0.05) is 35.2 Å². The molecule has 0 bridgehead atoms. The Kier molecular flexibility index (Phi) is 6.96. The number of likely N-dealkylation sites (tertiary alicyclic amines) is 1. The van der Waals surface area contributed by atoms with E-state index in [1.54, 1.807) is 0 Å². The van der Waals surface area contributed by atoms with E-state index < -0.39 is 0 Å². The molecule has 0 amide bonds. The molecule has 0 saturated carbocycles. The zero-order chi connectivity index (χ0) is 15.2. The molecule has 0 aliphatic carbocycles. The van der Waals surface area contributed by atoms with E-state index in [2.05, 4.69) is 27.8 Å². The first kappa shape index (κ1) is 17.2. The fourth-order valence-electron chi connectivity index (χ4n) is 2.87. The van der Waals surface area contributed by atoms with Crippen LogP contribution in [0, 0.1) is 0 Å². The van der Waals surface area contributed by atoms with Crippen LogP contribution in [0.4, 0.5) is 0 Å². The molecule has 21 heavy (non-hydrogen) atoms. The number of hydrogen-bond donors (Lipinski definition) is 1. The number of piperidine rings is 1. The van der Waals surface area contributed by atoms with E-state index in [0.29, 0.717) is 6.10 Å². The van der Waals surface area contributed by atoms with Crippen molar-refractivity contribution in [1.29, 1.82) is 0 Å². The van der Waals surface area contributed by atoms with Crippen molar-refractivity contribution in [3.8, 4) is 0 Å². The molecule has 2 rings (SSSR count). The lowest BCUT2D eigenvalue weighted by Gasteiger charge is -2.33. The third-order valence-electron chi connectivity index (χ3n) is 3.98. The van der Waals surface area contributed by atoms with E-state index in [9.17, 15) is 0 Å². The van der Waals surface area contributed by atoms with Gasteiger partial charge in [0.2, 0.25) is 0 Å². The molecule has 2 atom stereocenters. The van der Waals surface area contributed by atoms with E-state index in [4.69, 9.17) is 22.1 Å². The molecule has 1 aromatic rings. The highest BCUT2D eigenvalue weighted by Gasteiger charge is 2.20. The Morgan fingerprint density at radius 1 is 1.52 bits per heavy atom. The topological polar surface area (TPSA) is 38.5 Å². The number of benzene rings is 1. The fraction of sp³-hybridized carbons (Fsp3) is 0.625. The second-order valence-electron chi connectivity index (χ2n) is 5.58. The Balaban J connectivity index is 1.84. The predicted molar refractivity (Wildman–Crippen MR) is 91.8 cm³/mol. The quantitative estimate of drug-likeness (QED) is 0.817. The molecule has 1 aliphatic rings. The Hall–Kier alpha value is -0.130. The Bertz CT molecular complexity index is 456. The van der Waals surface area contributed by atoms with Gasteiger partial charge in [0.05, 0.1) is 6.10 Å². The van der Waals surface area contributed by atoms with Gasteiger partial charge in [-0.2, -0.15) is 0 Å². The summed E-state index contributed by atoms with van der Waals surface area (Å²) in [5.41, 5.74) is 7.32. The second-order valence-corrected chi connectivity index (χ2v) is 6.90. The first-order chi connectivity index (χ1) is 10.1. The summed E-state index contributed by atoms with van der Waals surface area (Å²) < 4.78 is 6.72. The molecule has 0 radical (unpaired) electrons. The zero-order valence-electron chi connectivity index (χ0n) is 12.5. The number of rotatable bonds is 6. The number of hydrogen-bond acceptors (Lipinski definition) is 3. The highest BCUT2D eigenvalue weighted by Crippen LogP contribution is 2.27. The Labute approximate surface area is 140 Å². The van der Waals surface area contributed by atoms with E-state index in [-0.39, 0.29) is 6.04 Å². The van der Waals surface area contributed by atoms with Crippen LogP contribution in [0.2, 0.25) is 5.02 Å². The Morgan fingerprint density at radius 3 is 3.05 bits per heavy atom. The van der Waals surface area contributed by atoms with Gasteiger partial charge in [-0.3, -0.25) is 0 Å². The van der Waals surface area contributed by atoms with Crippen molar-refractivity contribution in [3.05, 3.63) is 33.3 Å². The molecule has 1 saturated heterocycles. The SMILES string of the molecule is CCOC1CCCN(CCC(N)c2ccc(Br)cc2Cl)C1. The van der Waals surface area contributed by atoms with Crippen molar-refractivity contribution in [3.63, 3.8) is 0 Å². The van der Waals surface area contributed by atoms with Gasteiger partial charge in [0.15, 0.2) is 0 Å². The smallest absolute Gasteiger partial charge is 0.0702 e. The normalized spacial score (nSPS) is 21.4. The van der Waals surface area contributed by atoms with Gasteiger partial charge in [0.25, 0.3) is 0 Å². The summed E-state index contributed by atoms with van der Waals surface area (Å²) in [5.74, 6) is 0. The predicted octanol–water partition coefficient (Wildman–Crippen LogP) is 3.99. The fourth-order valence-corrected chi connectivity index (χ4v) is 3.68. The molecule has 2 N–H and O–H groups in total. The zero-order valence-corrected chi connectivity index (χ0v) is 14.9. The van der Waals surface area contributed by atoms with Crippen LogP contribution in [0.1, 0.15) is 37.8 Å². The molecule has 1 heterocycles. The molecular weight excluding hydrogens is 352 g/mol. The van der Waals surface area contributed by atoms with Crippen LogP contribution >= 0.6 is 27.5 Å². The van der Waals surface area contributed by atoms with Crippen molar-refractivity contribution < 1.29 is 4.74 Å². The van der Waals surface area contributed by atoms with E-state index in [1.807, 2.05) is 18.2 Å². The van der Waals surface area contributed by atoms with E-state index >= 15 is 0 Å². The van der Waals surface area contributed by atoms with Gasteiger partial charge in [0.1, 0.15) is 0 Å². The van der Waals surface area contributed by atoms with Crippen molar-refractivity contribution in [1.82, 2.24) is 4.90 Å². The highest BCUT2D eigenvalue weighted by atomic mass is 79.9. The average molecular weight is 376 g/mol. The summed E-state index contributed by atoms with van der Waals surface area (Å²) >= 11 is 9.69. The van der Waals surface area contributed by atoms with Crippen LogP contribution in [0.3, 0.4) is 0 Å². The molecule has 5 heteroatoms. The highest BCUT2D eigenvalue weighted by molar-refractivity contribution is 9.10. The molecule has 1 aromatic carbocycles. The summed E-state index contributed by atoms with van der Waals surface area (Å²) in [7, 11) is 0. The van der Waals surface area contributed by atoms with Crippen LogP contribution < -0.4 is 5.73 Å². The van der Waals surface area contributed by atoms with E-state index in [1.165, 1.54) is 12.8 Å². The van der Waals surface area contributed by atoms with Gasteiger partial charge in [-0.1, -0.05) is 33.6 Å². The average Bonchev–Trinajstić information content (AvgIpc) is 2.45. The second kappa shape index (κ2) is 8.49. The summed E-state index contributed by atoms with van der Waals surface area (Å²) in [6.07, 6.45) is 3.69. The first-order valence-electron chi connectivity index (χ1n) is 7.64. The first-order valence-corrected chi connectivity index (χ1v) is 8.81. The van der Waals surface area contributed by atoms with Gasteiger partial charge in [-0.15, -0.1) is 0 Å². The maximum atomic E-state index is 6.30. The molecule has 118 valence electrons. The molecule has 0 spiro atoms. The maximum absolute atomic E-state index is 6.30. The maximum Gasteiger partial charge on any atom is 0.0702 e. The van der Waals surface area contributed by atoms with E-state index in [0.717, 1.165) is 47.7 Å². The molecule has 1 aliphatic heterocycles. The largest absolute Gasteiger partial charge is 0.377 e. The van der Waals surface area contributed by atoms with Crippen LogP contribution in [-0.2, 0) is 4.74 Å². The minimum absolute atomic E-state index is 0.0157. The van der Waals surface area contributed by atoms with Gasteiger partial charge in [-0.25, -0.2) is 0 Å². The van der Waals surface area contributed by atoms with Crippen molar-refractivity contribution in [2.24, 2.45) is 5.73 Å². The van der Waals surface area contributed by atoms with Gasteiger partial charge < -0.3 is 15.4 Å². The number of halogens is 2. The molecule has 3 nitrogen and oxygen atoms in total. The monoisotopic (exact) mass is 374 g/mol. The standard InChI is InChI=1S/C16H24BrClN2O/c1-2-21-13-4-3-8-20(11-13)9-7-16(19)14-6-5-12(17)10-15(14)18/h5-6,10,13,16H,2-4,7-9,11,19H2,1H3. The van der Waals surface area contributed by atoms with Crippen molar-refractivity contribution >= 4 is 27.5 Å². The van der Waals surface area contributed by atoms with Crippen LogP contribution in [0.5, 0.6) is 0 Å². The molecular formula is C16H24BrClN2O. The van der Waals surface area contributed by atoms with Crippen molar-refractivity contribution in [2.75, 3.05) is 26.2 Å². The number of ether oxygens (including phenoxy) is 1. The summed E-state index contributed by atoms with van der Waals surface area (Å²) in [6, 6.07) is 5.89. The summed E-state index contributed by atoms with van der Waals surface area (Å²) in [5, 5.41) is 0.739. The molecule has 2 unspecified atom stereocenters. The van der Waals surface area contributed by atoms with Crippen molar-refractivity contribution in [2.45, 2.75) is 38.3 Å². The summed E-state index contributed by atoms with van der Waals surface area (Å²) in [4.78, 5) is 2.45. The van der Waals surface area contributed by atoms with Gasteiger partial charge >= 0.3 is 0 Å². The lowest BCUT2D eigenvalue weighted by Crippen LogP contribution is -2.40. The molecule has 0 aromatic heterocycles.